The summed E-state index contributed by atoms with van der Waals surface area (Å²) in [5, 5.41) is 3.37. The van der Waals surface area contributed by atoms with E-state index in [0.29, 0.717) is 22.0 Å². The van der Waals surface area contributed by atoms with Gasteiger partial charge in [0.25, 0.3) is 5.91 Å². The Labute approximate surface area is 141 Å². The molecule has 1 aromatic rings. The van der Waals surface area contributed by atoms with Gasteiger partial charge in [-0.25, -0.2) is 0 Å². The van der Waals surface area contributed by atoms with Crippen molar-refractivity contribution in [2.24, 2.45) is 0 Å². The third kappa shape index (κ3) is 4.07. The van der Waals surface area contributed by atoms with E-state index in [4.69, 9.17) is 26.8 Å². The second-order valence-corrected chi connectivity index (χ2v) is 6.02. The fourth-order valence-electron chi connectivity index (χ4n) is 2.83. The number of hydrogen-bond acceptors (Lipinski definition) is 5. The summed E-state index contributed by atoms with van der Waals surface area (Å²) in [4.78, 5) is 14.9. The van der Waals surface area contributed by atoms with E-state index in [1.165, 1.54) is 13.2 Å². The lowest BCUT2D eigenvalue weighted by Gasteiger charge is -2.37. The van der Waals surface area contributed by atoms with Gasteiger partial charge in [-0.15, -0.1) is 0 Å². The number of hydrogen-bond donors (Lipinski definition) is 2. The van der Waals surface area contributed by atoms with E-state index in [2.05, 4.69) is 17.1 Å². The van der Waals surface area contributed by atoms with Crippen LogP contribution in [0.5, 0.6) is 5.75 Å². The van der Waals surface area contributed by atoms with Crippen molar-refractivity contribution < 1.29 is 14.3 Å². The molecule has 0 saturated carbocycles. The number of methoxy groups -OCH3 is 2. The lowest BCUT2D eigenvalue weighted by atomic mass is 10.0. The Morgan fingerprint density at radius 2 is 2.22 bits per heavy atom. The van der Waals surface area contributed by atoms with Crippen molar-refractivity contribution in [1.29, 1.82) is 0 Å². The maximum Gasteiger partial charge on any atom is 0.255 e. The molecule has 6 nitrogen and oxygen atoms in total. The van der Waals surface area contributed by atoms with Gasteiger partial charge in [0.15, 0.2) is 0 Å². The van der Waals surface area contributed by atoms with Crippen molar-refractivity contribution in [1.82, 2.24) is 10.2 Å². The van der Waals surface area contributed by atoms with E-state index in [1.807, 2.05) is 0 Å². The smallest absolute Gasteiger partial charge is 0.255 e. The molecule has 2 rings (SSSR count). The molecule has 1 aliphatic rings. The monoisotopic (exact) mass is 341 g/mol. The minimum atomic E-state index is -0.235. The van der Waals surface area contributed by atoms with E-state index >= 15 is 0 Å². The molecule has 0 aliphatic carbocycles. The number of ether oxygens (including phenoxy) is 2. The zero-order valence-electron chi connectivity index (χ0n) is 13.8. The normalized spacial score (nSPS) is 21.9. The van der Waals surface area contributed by atoms with Crippen LogP contribution in [0, 0.1) is 0 Å². The van der Waals surface area contributed by atoms with Crippen molar-refractivity contribution in [3.05, 3.63) is 22.7 Å². The van der Waals surface area contributed by atoms with Crippen LogP contribution in [0.15, 0.2) is 12.1 Å². The van der Waals surface area contributed by atoms with Crippen molar-refractivity contribution in [3.63, 3.8) is 0 Å². The van der Waals surface area contributed by atoms with Gasteiger partial charge in [-0.05, 0) is 19.0 Å². The first-order valence-electron chi connectivity index (χ1n) is 7.69. The Morgan fingerprint density at radius 1 is 1.48 bits per heavy atom. The minimum Gasteiger partial charge on any atom is -0.496 e. The molecule has 1 amide bonds. The molecule has 2 atom stereocenters. The Hall–Kier alpha value is -1.50. The largest absolute Gasteiger partial charge is 0.496 e. The number of nitrogens with two attached hydrogens (primary N) is 1. The number of rotatable bonds is 5. The number of halogens is 1. The molecule has 1 aliphatic heterocycles. The van der Waals surface area contributed by atoms with Crippen LogP contribution in [0.25, 0.3) is 0 Å². The molecule has 3 N–H and O–H groups in total. The molecule has 0 radical (unpaired) electrons. The molecule has 1 aromatic carbocycles. The average Bonchev–Trinajstić information content (AvgIpc) is 2.57. The van der Waals surface area contributed by atoms with Gasteiger partial charge in [0.1, 0.15) is 5.75 Å². The van der Waals surface area contributed by atoms with Gasteiger partial charge in [0.05, 0.1) is 35.5 Å². The molecule has 7 heteroatoms. The molecule has 1 heterocycles. The molecule has 0 bridgehead atoms. The molecular weight excluding hydrogens is 318 g/mol. The number of likely N-dealkylation sites (N-methyl/N-ethyl adjacent to an activating group) is 1. The fraction of sp³-hybridized carbons (Fsp3) is 0.562. The summed E-state index contributed by atoms with van der Waals surface area (Å²) < 4.78 is 10.8. The van der Waals surface area contributed by atoms with Crippen LogP contribution in [-0.2, 0) is 4.74 Å². The summed E-state index contributed by atoms with van der Waals surface area (Å²) in [7, 11) is 3.17. The van der Waals surface area contributed by atoms with Crippen LogP contribution in [-0.4, -0.2) is 56.8 Å². The average molecular weight is 342 g/mol. The standard InChI is InChI=1S/C16H24ClN3O3/c1-4-20-6-5-13(15(9-20)23-3)19-16(21)10-7-11(17)12(18)8-14(10)22-2/h7-8,13,15H,4-6,9,18H2,1-3H3,(H,19,21)/t13-,15+/m1/s1. The first-order chi connectivity index (χ1) is 11.0. The molecule has 23 heavy (non-hydrogen) atoms. The lowest BCUT2D eigenvalue weighted by molar-refractivity contribution is 0.00802. The predicted octanol–water partition coefficient (Wildman–Crippen LogP) is 1.77. The maximum absolute atomic E-state index is 12.6. The predicted molar refractivity (Wildman–Crippen MR) is 91.2 cm³/mol. The quantitative estimate of drug-likeness (QED) is 0.798. The Bertz CT molecular complexity index is 568. The number of carbonyl (C=O) groups is 1. The molecule has 0 unspecified atom stereocenters. The number of amides is 1. The Morgan fingerprint density at radius 3 is 2.83 bits per heavy atom. The van der Waals surface area contributed by atoms with Crippen molar-refractivity contribution in [2.45, 2.75) is 25.5 Å². The Balaban J connectivity index is 2.14. The van der Waals surface area contributed by atoms with Crippen LogP contribution >= 0.6 is 11.6 Å². The minimum absolute atomic E-state index is 0.0390. The van der Waals surface area contributed by atoms with Gasteiger partial charge in [0.2, 0.25) is 0 Å². The van der Waals surface area contributed by atoms with Crippen molar-refractivity contribution >= 4 is 23.2 Å². The number of nitrogens with zero attached hydrogens (tertiary/aromatic N) is 1. The maximum atomic E-state index is 12.6. The highest BCUT2D eigenvalue weighted by molar-refractivity contribution is 6.33. The van der Waals surface area contributed by atoms with Gasteiger partial charge in [0, 0.05) is 26.3 Å². The molecule has 0 aromatic heterocycles. The summed E-state index contributed by atoms with van der Waals surface area (Å²) in [6, 6.07) is 3.05. The fourth-order valence-corrected chi connectivity index (χ4v) is 3.00. The topological polar surface area (TPSA) is 76.8 Å². The number of carbonyl (C=O) groups excluding carboxylic acids is 1. The molecule has 0 spiro atoms. The number of nitrogens with one attached hydrogen (secondary N) is 1. The second-order valence-electron chi connectivity index (χ2n) is 5.61. The van der Waals surface area contributed by atoms with Gasteiger partial charge in [-0.2, -0.15) is 0 Å². The zero-order valence-corrected chi connectivity index (χ0v) is 14.5. The summed E-state index contributed by atoms with van der Waals surface area (Å²) >= 11 is 6.03. The van der Waals surface area contributed by atoms with Crippen LogP contribution in [0.2, 0.25) is 5.02 Å². The van der Waals surface area contributed by atoms with E-state index in [9.17, 15) is 4.79 Å². The molecule has 1 saturated heterocycles. The molecule has 1 fully saturated rings. The summed E-state index contributed by atoms with van der Waals surface area (Å²) in [5.41, 5.74) is 6.51. The van der Waals surface area contributed by atoms with Crippen LogP contribution in [0.4, 0.5) is 5.69 Å². The Kier molecular flexibility index (Phi) is 6.10. The van der Waals surface area contributed by atoms with E-state index in [-0.39, 0.29) is 18.1 Å². The summed E-state index contributed by atoms with van der Waals surface area (Å²) in [6.45, 7) is 4.83. The van der Waals surface area contributed by atoms with Gasteiger partial charge >= 0.3 is 0 Å². The third-order valence-corrected chi connectivity index (χ3v) is 4.60. The highest BCUT2D eigenvalue weighted by atomic mass is 35.5. The van der Waals surface area contributed by atoms with Gasteiger partial charge in [-0.1, -0.05) is 18.5 Å². The van der Waals surface area contributed by atoms with Crippen LogP contribution in [0.1, 0.15) is 23.7 Å². The number of anilines is 1. The summed E-state index contributed by atoms with van der Waals surface area (Å²) in [5.74, 6) is 0.171. The van der Waals surface area contributed by atoms with Gasteiger partial charge < -0.3 is 25.4 Å². The zero-order chi connectivity index (χ0) is 17.0. The lowest BCUT2D eigenvalue weighted by Crippen LogP contribution is -2.54. The summed E-state index contributed by atoms with van der Waals surface area (Å²) in [6.07, 6.45) is 0.797. The van der Waals surface area contributed by atoms with Gasteiger partial charge in [-0.3, -0.25) is 4.79 Å². The van der Waals surface area contributed by atoms with E-state index in [1.54, 1.807) is 13.2 Å². The second kappa shape index (κ2) is 7.86. The number of likely N-dealkylation sites (tertiary alicyclic amines) is 1. The van der Waals surface area contributed by atoms with Crippen LogP contribution < -0.4 is 15.8 Å². The van der Waals surface area contributed by atoms with Crippen molar-refractivity contribution in [2.75, 3.05) is 39.6 Å². The highest BCUT2D eigenvalue weighted by Gasteiger charge is 2.30. The number of piperidine rings is 1. The number of benzene rings is 1. The first kappa shape index (κ1) is 17.8. The first-order valence-corrected chi connectivity index (χ1v) is 8.07. The third-order valence-electron chi connectivity index (χ3n) is 4.27. The van der Waals surface area contributed by atoms with Crippen molar-refractivity contribution in [3.8, 4) is 5.75 Å². The van der Waals surface area contributed by atoms with E-state index in [0.717, 1.165) is 26.1 Å². The van der Waals surface area contributed by atoms with E-state index < -0.39 is 0 Å². The van der Waals surface area contributed by atoms with Crippen LogP contribution in [0.3, 0.4) is 0 Å². The molecular formula is C16H24ClN3O3. The number of nitrogen functional groups attached to an aromatic ring is 1. The highest BCUT2D eigenvalue weighted by Crippen LogP contribution is 2.29. The molecule has 128 valence electrons. The SMILES string of the molecule is CCN1CC[C@@H](NC(=O)c2cc(Cl)c(N)cc2OC)[C@@H](OC)C1.